The van der Waals surface area contributed by atoms with E-state index >= 15 is 0 Å². The summed E-state index contributed by atoms with van der Waals surface area (Å²) in [6, 6.07) is 11.5. The average Bonchev–Trinajstić information content (AvgIpc) is 3.23. The molecule has 1 unspecified atom stereocenters. The first-order chi connectivity index (χ1) is 11.2. The van der Waals surface area contributed by atoms with Gasteiger partial charge in [-0.1, -0.05) is 18.2 Å². The van der Waals surface area contributed by atoms with Gasteiger partial charge in [0.15, 0.2) is 0 Å². The van der Waals surface area contributed by atoms with Crippen molar-refractivity contribution in [3.63, 3.8) is 0 Å². The number of aliphatic hydroxyl groups excluding tert-OH is 1. The van der Waals surface area contributed by atoms with Crippen molar-refractivity contribution in [2.45, 2.75) is 13.0 Å². The Hall–Kier alpha value is -2.44. The van der Waals surface area contributed by atoms with Gasteiger partial charge in [0.1, 0.15) is 0 Å². The van der Waals surface area contributed by atoms with Crippen LogP contribution in [0.1, 0.15) is 27.7 Å². The highest BCUT2D eigenvalue weighted by Crippen LogP contribution is 2.16. The van der Waals surface area contributed by atoms with Gasteiger partial charge in [-0.3, -0.25) is 4.79 Å². The molecular weight excluding hydrogens is 310 g/mol. The number of thiophene rings is 1. The lowest BCUT2D eigenvalue weighted by molar-refractivity contribution is 0.0916. The van der Waals surface area contributed by atoms with Crippen LogP contribution in [0.2, 0.25) is 0 Å². The monoisotopic (exact) mass is 327 g/mol. The maximum atomic E-state index is 12.3. The predicted octanol–water partition coefficient (Wildman–Crippen LogP) is 2.71. The minimum absolute atomic E-state index is 0.172. The molecule has 0 radical (unpaired) electrons. The van der Waals surface area contributed by atoms with Crippen LogP contribution in [0, 0.1) is 6.92 Å². The Labute approximate surface area is 138 Å². The van der Waals surface area contributed by atoms with E-state index < -0.39 is 6.10 Å². The minimum Gasteiger partial charge on any atom is -0.387 e. The van der Waals surface area contributed by atoms with Crippen molar-refractivity contribution in [3.8, 4) is 5.69 Å². The number of carbonyl (C=O) groups excluding carboxylic acids is 1. The molecule has 118 valence electrons. The highest BCUT2D eigenvalue weighted by molar-refractivity contribution is 7.07. The second-order valence-electron chi connectivity index (χ2n) is 5.17. The summed E-state index contributed by atoms with van der Waals surface area (Å²) in [6.07, 6.45) is 0.851. The Morgan fingerprint density at radius 3 is 2.83 bits per heavy atom. The van der Waals surface area contributed by atoms with Gasteiger partial charge in [-0.05, 0) is 41.4 Å². The van der Waals surface area contributed by atoms with Gasteiger partial charge in [-0.2, -0.15) is 16.4 Å². The number of rotatable bonds is 5. The number of aromatic nitrogens is 2. The zero-order valence-corrected chi connectivity index (χ0v) is 13.5. The van der Waals surface area contributed by atoms with Gasteiger partial charge in [-0.25, -0.2) is 4.68 Å². The number of nitrogens with zero attached hydrogens (tertiary/aromatic N) is 2. The third kappa shape index (κ3) is 3.33. The lowest BCUT2D eigenvalue weighted by Gasteiger charge is -2.10. The van der Waals surface area contributed by atoms with Gasteiger partial charge in [0.05, 0.1) is 29.2 Å². The molecule has 5 nitrogen and oxygen atoms in total. The molecule has 1 atom stereocenters. The van der Waals surface area contributed by atoms with E-state index in [9.17, 15) is 9.90 Å². The molecule has 0 saturated heterocycles. The van der Waals surface area contributed by atoms with Crippen molar-refractivity contribution in [3.05, 3.63) is 70.2 Å². The van der Waals surface area contributed by atoms with Gasteiger partial charge in [0.25, 0.3) is 5.91 Å². The molecule has 2 heterocycles. The quantitative estimate of drug-likeness (QED) is 0.757. The molecule has 0 aliphatic rings. The molecule has 0 aliphatic heterocycles. The highest BCUT2D eigenvalue weighted by Gasteiger charge is 2.16. The van der Waals surface area contributed by atoms with Crippen molar-refractivity contribution >= 4 is 17.2 Å². The highest BCUT2D eigenvalue weighted by atomic mass is 32.1. The van der Waals surface area contributed by atoms with Crippen LogP contribution in [0.5, 0.6) is 0 Å². The van der Waals surface area contributed by atoms with E-state index in [2.05, 4.69) is 10.4 Å². The lowest BCUT2D eigenvalue weighted by atomic mass is 10.2. The van der Waals surface area contributed by atoms with E-state index in [1.54, 1.807) is 10.9 Å². The first-order valence-corrected chi connectivity index (χ1v) is 8.19. The minimum atomic E-state index is -0.699. The van der Waals surface area contributed by atoms with Crippen molar-refractivity contribution in [1.29, 1.82) is 0 Å². The third-order valence-corrected chi connectivity index (χ3v) is 4.34. The van der Waals surface area contributed by atoms with E-state index in [1.165, 1.54) is 11.3 Å². The summed E-state index contributed by atoms with van der Waals surface area (Å²) < 4.78 is 1.73. The zero-order valence-electron chi connectivity index (χ0n) is 12.6. The van der Waals surface area contributed by atoms with E-state index in [0.717, 1.165) is 16.9 Å². The average molecular weight is 327 g/mol. The van der Waals surface area contributed by atoms with Crippen LogP contribution < -0.4 is 5.32 Å². The molecule has 0 spiro atoms. The summed E-state index contributed by atoms with van der Waals surface area (Å²) in [7, 11) is 0. The third-order valence-electron chi connectivity index (χ3n) is 3.64. The SMILES string of the molecule is Cc1c(C(=O)NCC(O)c2ccsc2)cnn1-c1ccccc1. The molecule has 23 heavy (non-hydrogen) atoms. The van der Waals surface area contributed by atoms with Gasteiger partial charge >= 0.3 is 0 Å². The molecular formula is C17H17N3O2S. The van der Waals surface area contributed by atoms with Crippen LogP contribution in [0.4, 0.5) is 0 Å². The molecule has 1 aromatic carbocycles. The number of hydrogen-bond acceptors (Lipinski definition) is 4. The van der Waals surface area contributed by atoms with Crippen LogP contribution in [0.3, 0.4) is 0 Å². The summed E-state index contributed by atoms with van der Waals surface area (Å²) in [4.78, 5) is 12.3. The summed E-state index contributed by atoms with van der Waals surface area (Å²) in [5, 5.41) is 20.8. The molecule has 0 aliphatic carbocycles. The largest absolute Gasteiger partial charge is 0.387 e. The van der Waals surface area contributed by atoms with Gasteiger partial charge in [-0.15, -0.1) is 0 Å². The van der Waals surface area contributed by atoms with Gasteiger partial charge in [0.2, 0.25) is 0 Å². The van der Waals surface area contributed by atoms with Crippen molar-refractivity contribution < 1.29 is 9.90 Å². The Kier molecular flexibility index (Phi) is 4.55. The smallest absolute Gasteiger partial charge is 0.254 e. The summed E-state index contributed by atoms with van der Waals surface area (Å²) >= 11 is 1.52. The Morgan fingerprint density at radius 1 is 1.35 bits per heavy atom. The van der Waals surface area contributed by atoms with Crippen LogP contribution in [-0.2, 0) is 0 Å². The van der Waals surface area contributed by atoms with Crippen molar-refractivity contribution in [2.75, 3.05) is 6.54 Å². The predicted molar refractivity (Wildman–Crippen MR) is 89.9 cm³/mol. The number of para-hydroxylation sites is 1. The van der Waals surface area contributed by atoms with Crippen molar-refractivity contribution in [1.82, 2.24) is 15.1 Å². The summed E-state index contributed by atoms with van der Waals surface area (Å²) in [5.41, 5.74) is 2.99. The normalized spacial score (nSPS) is 12.1. The zero-order chi connectivity index (χ0) is 16.2. The number of nitrogens with one attached hydrogen (secondary N) is 1. The van der Waals surface area contributed by atoms with E-state index in [0.29, 0.717) is 5.56 Å². The number of carbonyl (C=O) groups is 1. The molecule has 3 aromatic rings. The fourth-order valence-electron chi connectivity index (χ4n) is 2.33. The summed E-state index contributed by atoms with van der Waals surface area (Å²) in [6.45, 7) is 2.02. The molecule has 2 N–H and O–H groups in total. The van der Waals surface area contributed by atoms with Crippen LogP contribution >= 0.6 is 11.3 Å². The Morgan fingerprint density at radius 2 is 2.13 bits per heavy atom. The first-order valence-electron chi connectivity index (χ1n) is 7.25. The number of benzene rings is 1. The standard InChI is InChI=1S/C17H17N3O2S/c1-12-15(9-19-20(12)14-5-3-2-4-6-14)17(22)18-10-16(21)13-7-8-23-11-13/h2-9,11,16,21H,10H2,1H3,(H,18,22). The Bertz CT molecular complexity index is 782. The maximum absolute atomic E-state index is 12.3. The van der Waals surface area contributed by atoms with Gasteiger partial charge < -0.3 is 10.4 Å². The van der Waals surface area contributed by atoms with Crippen molar-refractivity contribution in [2.24, 2.45) is 0 Å². The number of hydrogen-bond donors (Lipinski definition) is 2. The van der Waals surface area contributed by atoms with E-state index in [1.807, 2.05) is 54.1 Å². The van der Waals surface area contributed by atoms with E-state index in [-0.39, 0.29) is 12.5 Å². The number of amides is 1. The summed E-state index contributed by atoms with van der Waals surface area (Å²) in [5.74, 6) is -0.237. The fraction of sp³-hybridized carbons (Fsp3) is 0.176. The second kappa shape index (κ2) is 6.76. The van der Waals surface area contributed by atoms with Crippen LogP contribution in [0.25, 0.3) is 5.69 Å². The second-order valence-corrected chi connectivity index (χ2v) is 5.95. The lowest BCUT2D eigenvalue weighted by Crippen LogP contribution is -2.28. The van der Waals surface area contributed by atoms with Crippen LogP contribution in [0.15, 0.2) is 53.4 Å². The van der Waals surface area contributed by atoms with Crippen LogP contribution in [-0.4, -0.2) is 27.3 Å². The first kappa shape index (κ1) is 15.5. The molecule has 0 bridgehead atoms. The fourth-order valence-corrected chi connectivity index (χ4v) is 3.04. The maximum Gasteiger partial charge on any atom is 0.254 e. The molecule has 2 aromatic heterocycles. The molecule has 0 saturated carbocycles. The molecule has 1 amide bonds. The molecule has 0 fully saturated rings. The van der Waals surface area contributed by atoms with Gasteiger partial charge in [0, 0.05) is 6.54 Å². The Balaban J connectivity index is 1.70. The molecule has 3 rings (SSSR count). The number of aliphatic hydroxyl groups is 1. The van der Waals surface area contributed by atoms with E-state index in [4.69, 9.17) is 0 Å². The molecule has 6 heteroatoms. The topological polar surface area (TPSA) is 67.2 Å².